The van der Waals surface area contributed by atoms with Crippen LogP contribution < -0.4 is 11.5 Å². The van der Waals surface area contributed by atoms with Crippen molar-refractivity contribution in [2.75, 3.05) is 0 Å². The third-order valence-corrected chi connectivity index (χ3v) is 3.64. The summed E-state index contributed by atoms with van der Waals surface area (Å²) in [5.74, 6) is 1.09. The molecule has 108 valence electrons. The van der Waals surface area contributed by atoms with E-state index in [0.29, 0.717) is 0 Å². The number of aromatic nitrogens is 1. The zero-order chi connectivity index (χ0) is 14.8. The van der Waals surface area contributed by atoms with Crippen LogP contribution in [-0.4, -0.2) is 16.7 Å². The molecule has 6 heteroatoms. The molecule has 0 radical (unpaired) electrons. The molecular weight excluding hydrogens is 266 g/mol. The van der Waals surface area contributed by atoms with Gasteiger partial charge >= 0.3 is 0 Å². The molecule has 3 rings (SSSR count). The normalized spacial score (nSPS) is 19.3. The van der Waals surface area contributed by atoms with E-state index in [1.54, 1.807) is 6.26 Å². The molecule has 2 aromatic rings. The van der Waals surface area contributed by atoms with Crippen LogP contribution in [0.3, 0.4) is 0 Å². The third kappa shape index (κ3) is 2.65. The smallest absolute Gasteiger partial charge is 0.211 e. The second-order valence-electron chi connectivity index (χ2n) is 5.14. The number of hydrogen-bond acceptors (Lipinski definition) is 4. The van der Waals surface area contributed by atoms with Gasteiger partial charge in [0.05, 0.1) is 17.7 Å². The Morgan fingerprint density at radius 1 is 1.33 bits per heavy atom. The lowest BCUT2D eigenvalue weighted by Crippen LogP contribution is -2.24. The fourth-order valence-electron chi connectivity index (χ4n) is 2.74. The van der Waals surface area contributed by atoms with Crippen molar-refractivity contribution >= 4 is 11.7 Å². The largest absolute Gasteiger partial charge is 0.469 e. The number of pyridine rings is 1. The van der Waals surface area contributed by atoms with Crippen LogP contribution in [0, 0.1) is 6.92 Å². The van der Waals surface area contributed by atoms with Gasteiger partial charge in [0.1, 0.15) is 5.76 Å². The average Bonchev–Trinajstić information content (AvgIpc) is 2.98. The summed E-state index contributed by atoms with van der Waals surface area (Å²) in [4.78, 5) is 4.48. The molecule has 0 aromatic carbocycles. The Morgan fingerprint density at radius 2 is 2.19 bits per heavy atom. The number of aryl methyl sites for hydroxylation is 1. The number of nitrogens with two attached hydrogens (primary N) is 2. The Labute approximate surface area is 122 Å². The van der Waals surface area contributed by atoms with Gasteiger partial charge < -0.3 is 15.9 Å². The van der Waals surface area contributed by atoms with Crippen molar-refractivity contribution in [2.45, 2.75) is 25.7 Å². The van der Waals surface area contributed by atoms with Crippen molar-refractivity contribution in [1.82, 2.24) is 4.98 Å². The number of furan rings is 1. The zero-order valence-corrected chi connectivity index (χ0v) is 11.8. The summed E-state index contributed by atoms with van der Waals surface area (Å²) in [6, 6.07) is 5.84. The zero-order valence-electron chi connectivity index (χ0n) is 11.8. The van der Waals surface area contributed by atoms with Gasteiger partial charge in [-0.25, -0.2) is 0 Å². The SMILES string of the molecule is Cc1ccnc2c1/C(=N\N=C(N)N)CC(c1ccco1)C2. The van der Waals surface area contributed by atoms with E-state index in [1.807, 2.05) is 31.3 Å². The van der Waals surface area contributed by atoms with Gasteiger partial charge in [-0.3, -0.25) is 4.98 Å². The second kappa shape index (κ2) is 5.40. The Hall–Kier alpha value is -2.63. The Morgan fingerprint density at radius 3 is 2.90 bits per heavy atom. The Kier molecular flexibility index (Phi) is 3.43. The molecule has 2 aromatic heterocycles. The molecule has 6 nitrogen and oxygen atoms in total. The molecule has 0 saturated carbocycles. The summed E-state index contributed by atoms with van der Waals surface area (Å²) in [6.45, 7) is 2.04. The number of rotatable bonds is 2. The van der Waals surface area contributed by atoms with E-state index in [0.717, 1.165) is 41.1 Å². The van der Waals surface area contributed by atoms with Crippen LogP contribution >= 0.6 is 0 Å². The number of fused-ring (bicyclic) bond motifs is 1. The van der Waals surface area contributed by atoms with E-state index in [2.05, 4.69) is 15.2 Å². The maximum atomic E-state index is 5.52. The molecule has 0 spiro atoms. The van der Waals surface area contributed by atoms with Crippen molar-refractivity contribution in [1.29, 1.82) is 0 Å². The van der Waals surface area contributed by atoms with Gasteiger partial charge in [-0.05, 0) is 30.7 Å². The van der Waals surface area contributed by atoms with Gasteiger partial charge in [-0.15, -0.1) is 5.10 Å². The van der Waals surface area contributed by atoms with E-state index in [-0.39, 0.29) is 11.9 Å². The van der Waals surface area contributed by atoms with Crippen LogP contribution in [0.5, 0.6) is 0 Å². The number of nitrogens with zero attached hydrogens (tertiary/aromatic N) is 3. The standard InChI is InChI=1S/C15H17N5O/c1-9-4-5-18-11-7-10(13-3-2-6-21-13)8-12(14(9)11)19-20-15(16)17/h2-6,10H,7-8H2,1H3,(H4,16,17,20)/b19-12-. The van der Waals surface area contributed by atoms with Crippen molar-refractivity contribution in [3.05, 3.63) is 53.2 Å². The van der Waals surface area contributed by atoms with Gasteiger partial charge in [0.2, 0.25) is 5.96 Å². The molecule has 1 aliphatic carbocycles. The first-order valence-corrected chi connectivity index (χ1v) is 6.79. The lowest BCUT2D eigenvalue weighted by molar-refractivity contribution is 0.458. The number of guanidine groups is 1. The summed E-state index contributed by atoms with van der Waals surface area (Å²) in [5, 5.41) is 8.02. The molecule has 1 unspecified atom stereocenters. The topological polar surface area (TPSA) is 103 Å². The van der Waals surface area contributed by atoms with E-state index >= 15 is 0 Å². The van der Waals surface area contributed by atoms with E-state index in [4.69, 9.17) is 15.9 Å². The third-order valence-electron chi connectivity index (χ3n) is 3.64. The molecular formula is C15H17N5O. The average molecular weight is 283 g/mol. The van der Waals surface area contributed by atoms with Crippen LogP contribution in [0.15, 0.2) is 45.3 Å². The highest BCUT2D eigenvalue weighted by atomic mass is 16.3. The Bertz CT molecular complexity index is 699. The summed E-state index contributed by atoms with van der Waals surface area (Å²) in [5.41, 5.74) is 14.8. The fourth-order valence-corrected chi connectivity index (χ4v) is 2.74. The van der Waals surface area contributed by atoms with Crippen LogP contribution in [-0.2, 0) is 6.42 Å². The van der Waals surface area contributed by atoms with E-state index in [1.165, 1.54) is 0 Å². The van der Waals surface area contributed by atoms with E-state index in [9.17, 15) is 0 Å². The minimum Gasteiger partial charge on any atom is -0.469 e. The van der Waals surface area contributed by atoms with Crippen LogP contribution in [0.25, 0.3) is 0 Å². The van der Waals surface area contributed by atoms with E-state index < -0.39 is 0 Å². The second-order valence-corrected chi connectivity index (χ2v) is 5.14. The first-order chi connectivity index (χ1) is 10.1. The van der Waals surface area contributed by atoms with Crippen LogP contribution in [0.1, 0.15) is 34.9 Å². The van der Waals surface area contributed by atoms with Gasteiger partial charge in [0.15, 0.2) is 0 Å². The maximum Gasteiger partial charge on any atom is 0.211 e. The van der Waals surface area contributed by atoms with Crippen molar-refractivity contribution in [2.24, 2.45) is 21.7 Å². The highest BCUT2D eigenvalue weighted by Gasteiger charge is 2.28. The monoisotopic (exact) mass is 283 g/mol. The highest BCUT2D eigenvalue weighted by molar-refractivity contribution is 6.04. The first-order valence-electron chi connectivity index (χ1n) is 6.79. The summed E-state index contributed by atoms with van der Waals surface area (Å²) < 4.78 is 5.52. The van der Waals surface area contributed by atoms with Crippen LogP contribution in [0.4, 0.5) is 0 Å². The van der Waals surface area contributed by atoms with Crippen LogP contribution in [0.2, 0.25) is 0 Å². The van der Waals surface area contributed by atoms with Gasteiger partial charge in [0.25, 0.3) is 0 Å². The summed E-state index contributed by atoms with van der Waals surface area (Å²) in [6.07, 6.45) is 5.05. The van der Waals surface area contributed by atoms with Crippen molar-refractivity contribution < 1.29 is 4.42 Å². The minimum absolute atomic E-state index is 0.0503. The lowest BCUT2D eigenvalue weighted by Gasteiger charge is -2.24. The molecule has 1 aliphatic rings. The first kappa shape index (κ1) is 13.4. The molecule has 4 N–H and O–H groups in total. The molecule has 0 aliphatic heterocycles. The quantitative estimate of drug-likeness (QED) is 0.497. The maximum absolute atomic E-state index is 5.52. The highest BCUT2D eigenvalue weighted by Crippen LogP contribution is 2.33. The molecule has 0 bridgehead atoms. The predicted octanol–water partition coefficient (Wildman–Crippen LogP) is 1.69. The molecule has 0 fully saturated rings. The van der Waals surface area contributed by atoms with Crippen molar-refractivity contribution in [3.63, 3.8) is 0 Å². The Balaban J connectivity index is 2.06. The number of hydrogen-bond donors (Lipinski definition) is 2. The molecule has 2 heterocycles. The molecule has 1 atom stereocenters. The van der Waals surface area contributed by atoms with Gasteiger partial charge in [-0.1, -0.05) is 0 Å². The fraction of sp³-hybridized carbons (Fsp3) is 0.267. The molecule has 0 saturated heterocycles. The summed E-state index contributed by atoms with van der Waals surface area (Å²) >= 11 is 0. The molecule has 21 heavy (non-hydrogen) atoms. The minimum atomic E-state index is -0.0503. The van der Waals surface area contributed by atoms with Gasteiger partial charge in [0, 0.05) is 30.5 Å². The molecule has 0 amide bonds. The predicted molar refractivity (Wildman–Crippen MR) is 81.1 cm³/mol. The van der Waals surface area contributed by atoms with Crippen molar-refractivity contribution in [3.8, 4) is 0 Å². The lowest BCUT2D eigenvalue weighted by atomic mass is 9.82. The summed E-state index contributed by atoms with van der Waals surface area (Å²) in [7, 11) is 0. The van der Waals surface area contributed by atoms with Gasteiger partial charge in [-0.2, -0.15) is 5.10 Å².